The smallest absolute Gasteiger partial charge is 0.234 e. The highest BCUT2D eigenvalue weighted by Gasteiger charge is 2.13. The van der Waals surface area contributed by atoms with Crippen LogP contribution in [-0.2, 0) is 4.79 Å². The summed E-state index contributed by atoms with van der Waals surface area (Å²) in [5, 5.41) is 3.01. The molecule has 0 fully saturated rings. The predicted octanol–water partition coefficient (Wildman–Crippen LogP) is 0.818. The van der Waals surface area contributed by atoms with Crippen LogP contribution in [0.15, 0.2) is 0 Å². The van der Waals surface area contributed by atoms with E-state index in [1.54, 1.807) is 0 Å². The first-order chi connectivity index (χ1) is 7.51. The van der Waals surface area contributed by atoms with Crippen molar-refractivity contribution in [2.45, 2.75) is 40.2 Å². The number of nitrogens with zero attached hydrogens (tertiary/aromatic N) is 1. The van der Waals surface area contributed by atoms with Gasteiger partial charge < -0.3 is 11.1 Å². The second-order valence-electron chi connectivity index (χ2n) is 4.61. The summed E-state index contributed by atoms with van der Waals surface area (Å²) in [6.45, 7) is 11.3. The van der Waals surface area contributed by atoms with E-state index < -0.39 is 0 Å². The van der Waals surface area contributed by atoms with Gasteiger partial charge in [0.05, 0.1) is 6.54 Å². The molecule has 3 N–H and O–H groups in total. The Morgan fingerprint density at radius 2 is 2.00 bits per heavy atom. The van der Waals surface area contributed by atoms with Gasteiger partial charge in [-0.3, -0.25) is 9.69 Å². The van der Waals surface area contributed by atoms with Gasteiger partial charge in [0.2, 0.25) is 5.91 Å². The van der Waals surface area contributed by atoms with E-state index >= 15 is 0 Å². The van der Waals surface area contributed by atoms with Crippen LogP contribution in [0.25, 0.3) is 0 Å². The molecule has 0 aliphatic rings. The number of hydrogen-bond acceptors (Lipinski definition) is 3. The Hall–Kier alpha value is -0.610. The maximum Gasteiger partial charge on any atom is 0.234 e. The van der Waals surface area contributed by atoms with Crippen molar-refractivity contribution >= 4 is 5.91 Å². The van der Waals surface area contributed by atoms with Gasteiger partial charge in [0, 0.05) is 6.04 Å². The molecule has 0 aliphatic carbocycles. The van der Waals surface area contributed by atoms with Crippen molar-refractivity contribution in [1.82, 2.24) is 10.2 Å². The third-order valence-electron chi connectivity index (χ3n) is 2.88. The van der Waals surface area contributed by atoms with E-state index in [1.807, 2.05) is 6.92 Å². The molecule has 1 unspecified atom stereocenters. The van der Waals surface area contributed by atoms with Crippen molar-refractivity contribution < 1.29 is 4.79 Å². The minimum absolute atomic E-state index is 0.111. The molecule has 0 saturated carbocycles. The number of carbonyl (C=O) groups excluding carboxylic acids is 1. The highest BCUT2D eigenvalue weighted by molar-refractivity contribution is 5.78. The topological polar surface area (TPSA) is 58.4 Å². The van der Waals surface area contributed by atoms with E-state index in [2.05, 4.69) is 31.0 Å². The number of carbonyl (C=O) groups is 1. The maximum absolute atomic E-state index is 11.7. The summed E-state index contributed by atoms with van der Waals surface area (Å²) in [6.07, 6.45) is 0.945. The van der Waals surface area contributed by atoms with Crippen molar-refractivity contribution in [2.75, 3.05) is 26.2 Å². The summed E-state index contributed by atoms with van der Waals surface area (Å²) in [4.78, 5) is 13.8. The van der Waals surface area contributed by atoms with Crippen molar-refractivity contribution in [1.29, 1.82) is 0 Å². The lowest BCUT2D eigenvalue weighted by Gasteiger charge is -2.22. The Morgan fingerprint density at radius 3 is 2.44 bits per heavy atom. The highest BCUT2D eigenvalue weighted by atomic mass is 16.2. The lowest BCUT2D eigenvalue weighted by atomic mass is 10.1. The first kappa shape index (κ1) is 15.4. The van der Waals surface area contributed by atoms with Crippen LogP contribution < -0.4 is 11.1 Å². The molecule has 96 valence electrons. The number of nitrogens with one attached hydrogen (secondary N) is 1. The molecule has 0 bridgehead atoms. The molecule has 0 rings (SSSR count). The van der Waals surface area contributed by atoms with Crippen LogP contribution in [0.3, 0.4) is 0 Å². The van der Waals surface area contributed by atoms with E-state index in [9.17, 15) is 4.79 Å². The fourth-order valence-electron chi connectivity index (χ4n) is 1.33. The second-order valence-corrected chi connectivity index (χ2v) is 4.61. The molecule has 0 radical (unpaired) electrons. The van der Waals surface area contributed by atoms with Gasteiger partial charge in [-0.15, -0.1) is 0 Å². The average molecular weight is 229 g/mol. The largest absolute Gasteiger partial charge is 0.352 e. The van der Waals surface area contributed by atoms with Crippen molar-refractivity contribution in [3.63, 3.8) is 0 Å². The van der Waals surface area contributed by atoms with Gasteiger partial charge in [-0.05, 0) is 38.9 Å². The molecule has 0 heterocycles. The summed E-state index contributed by atoms with van der Waals surface area (Å²) in [6, 6.07) is 0.237. The summed E-state index contributed by atoms with van der Waals surface area (Å²) < 4.78 is 0. The molecule has 0 aromatic heterocycles. The summed E-state index contributed by atoms with van der Waals surface area (Å²) in [5.41, 5.74) is 5.46. The Labute approximate surface area is 99.6 Å². The zero-order valence-electron chi connectivity index (χ0n) is 11.1. The number of nitrogens with two attached hydrogens (primary N) is 1. The van der Waals surface area contributed by atoms with Crippen LogP contribution >= 0.6 is 0 Å². The summed E-state index contributed by atoms with van der Waals surface area (Å²) >= 11 is 0. The minimum Gasteiger partial charge on any atom is -0.352 e. The maximum atomic E-state index is 11.7. The molecule has 0 saturated heterocycles. The fraction of sp³-hybridized carbons (Fsp3) is 0.917. The summed E-state index contributed by atoms with van der Waals surface area (Å²) in [5.74, 6) is 0.586. The van der Waals surface area contributed by atoms with Gasteiger partial charge in [0.15, 0.2) is 0 Å². The first-order valence-electron chi connectivity index (χ1n) is 6.23. The Balaban J connectivity index is 3.91. The minimum atomic E-state index is 0.111. The molecule has 1 atom stereocenters. The van der Waals surface area contributed by atoms with Gasteiger partial charge in [0.1, 0.15) is 0 Å². The lowest BCUT2D eigenvalue weighted by molar-refractivity contribution is -0.123. The molecular formula is C12H27N3O. The number of likely N-dealkylation sites (N-methyl/N-ethyl adjacent to an activating group) is 1. The van der Waals surface area contributed by atoms with Crippen molar-refractivity contribution in [3.8, 4) is 0 Å². The number of amides is 1. The number of rotatable bonds is 8. The molecule has 4 heteroatoms. The van der Waals surface area contributed by atoms with Gasteiger partial charge >= 0.3 is 0 Å². The molecule has 1 amide bonds. The van der Waals surface area contributed by atoms with Gasteiger partial charge in [0.25, 0.3) is 0 Å². The Bertz CT molecular complexity index is 195. The zero-order chi connectivity index (χ0) is 12.6. The third-order valence-corrected chi connectivity index (χ3v) is 2.88. The normalized spacial score (nSPS) is 13.2. The van der Waals surface area contributed by atoms with E-state index in [4.69, 9.17) is 5.73 Å². The Morgan fingerprint density at radius 1 is 1.38 bits per heavy atom. The fourth-order valence-corrected chi connectivity index (χ4v) is 1.33. The monoisotopic (exact) mass is 229 g/mol. The standard InChI is InChI=1S/C12H27N3O/c1-5-15(8-6-7-13)9-12(16)14-11(4)10(2)3/h10-11H,5-9,13H2,1-4H3,(H,14,16). The SMILES string of the molecule is CCN(CCCN)CC(=O)NC(C)C(C)C. The molecule has 16 heavy (non-hydrogen) atoms. The van der Waals surface area contributed by atoms with Crippen LogP contribution in [0.4, 0.5) is 0 Å². The Kier molecular flexibility index (Phi) is 8.21. The van der Waals surface area contributed by atoms with Crippen LogP contribution in [0.5, 0.6) is 0 Å². The molecule has 0 aliphatic heterocycles. The molecule has 0 spiro atoms. The van der Waals surface area contributed by atoms with Gasteiger partial charge in [-0.1, -0.05) is 20.8 Å². The predicted molar refractivity (Wildman–Crippen MR) is 68.2 cm³/mol. The zero-order valence-corrected chi connectivity index (χ0v) is 11.1. The first-order valence-corrected chi connectivity index (χ1v) is 6.23. The third kappa shape index (κ3) is 6.80. The quantitative estimate of drug-likeness (QED) is 0.648. The molecular weight excluding hydrogens is 202 g/mol. The lowest BCUT2D eigenvalue weighted by Crippen LogP contribution is -2.43. The van der Waals surface area contributed by atoms with E-state index in [1.165, 1.54) is 0 Å². The molecule has 0 aromatic carbocycles. The van der Waals surface area contributed by atoms with Crippen molar-refractivity contribution in [3.05, 3.63) is 0 Å². The second kappa shape index (κ2) is 8.53. The van der Waals surface area contributed by atoms with E-state index in [0.29, 0.717) is 19.0 Å². The van der Waals surface area contributed by atoms with Crippen LogP contribution in [-0.4, -0.2) is 43.0 Å². The van der Waals surface area contributed by atoms with E-state index in [0.717, 1.165) is 19.5 Å². The van der Waals surface area contributed by atoms with Gasteiger partial charge in [-0.25, -0.2) is 0 Å². The molecule has 0 aromatic rings. The highest BCUT2D eigenvalue weighted by Crippen LogP contribution is 1.99. The summed E-state index contributed by atoms with van der Waals surface area (Å²) in [7, 11) is 0. The van der Waals surface area contributed by atoms with Crippen molar-refractivity contribution in [2.24, 2.45) is 11.7 Å². The van der Waals surface area contributed by atoms with Gasteiger partial charge in [-0.2, -0.15) is 0 Å². The number of hydrogen-bond donors (Lipinski definition) is 2. The molecule has 4 nitrogen and oxygen atoms in total. The van der Waals surface area contributed by atoms with Crippen LogP contribution in [0.2, 0.25) is 0 Å². The van der Waals surface area contributed by atoms with Crippen LogP contribution in [0.1, 0.15) is 34.1 Å². The average Bonchev–Trinajstić information content (AvgIpc) is 2.23. The van der Waals surface area contributed by atoms with Crippen LogP contribution in [0, 0.1) is 5.92 Å². The van der Waals surface area contributed by atoms with E-state index in [-0.39, 0.29) is 11.9 Å².